The number of ether oxygens (including phenoxy) is 5. The van der Waals surface area contributed by atoms with Crippen LogP contribution in [0.3, 0.4) is 0 Å². The van der Waals surface area contributed by atoms with E-state index in [-0.39, 0.29) is 18.2 Å². The molecule has 2 aromatic carbocycles. The van der Waals surface area contributed by atoms with Gasteiger partial charge in [-0.25, -0.2) is 4.79 Å². The molecule has 1 unspecified atom stereocenters. The van der Waals surface area contributed by atoms with E-state index < -0.39 is 11.9 Å². The predicted octanol–water partition coefficient (Wildman–Crippen LogP) is 5.73. The molecule has 184 valence electrons. The van der Waals surface area contributed by atoms with E-state index in [1.54, 1.807) is 19.2 Å². The average Bonchev–Trinajstić information content (AvgIpc) is 3.15. The first-order valence-corrected chi connectivity index (χ1v) is 13.0. The summed E-state index contributed by atoms with van der Waals surface area (Å²) < 4.78 is 30.1. The maximum atomic E-state index is 12.8. The van der Waals surface area contributed by atoms with E-state index in [0.29, 0.717) is 25.2 Å². The molecule has 1 heterocycles. The molecule has 0 aromatic heterocycles. The second-order valence-electron chi connectivity index (χ2n) is 8.47. The quantitative estimate of drug-likeness (QED) is 0.105. The van der Waals surface area contributed by atoms with Gasteiger partial charge in [0.15, 0.2) is 5.79 Å². The van der Waals surface area contributed by atoms with E-state index in [2.05, 4.69) is 22.6 Å². The molecular formula is C27H33IO6. The molecule has 0 radical (unpaired) electrons. The fraction of sp³-hybridized carbons (Fsp3) is 0.444. The van der Waals surface area contributed by atoms with Gasteiger partial charge < -0.3 is 23.7 Å². The number of alkyl halides is 1. The third-order valence-corrected chi connectivity index (χ3v) is 6.00. The van der Waals surface area contributed by atoms with E-state index in [4.69, 9.17) is 23.7 Å². The largest absolute Gasteiger partial charge is 0.497 e. The lowest BCUT2D eigenvalue weighted by Crippen LogP contribution is -2.38. The van der Waals surface area contributed by atoms with Crippen LogP contribution in [0, 0.1) is 0 Å². The van der Waals surface area contributed by atoms with Crippen molar-refractivity contribution < 1.29 is 28.5 Å². The number of halogens is 1. The van der Waals surface area contributed by atoms with Crippen molar-refractivity contribution in [2.75, 3.05) is 18.1 Å². The number of carbonyl (C=O) groups excluding carboxylic acids is 1. The Morgan fingerprint density at radius 1 is 1.12 bits per heavy atom. The number of benzene rings is 2. The number of rotatable bonds is 12. The predicted molar refractivity (Wildman–Crippen MR) is 139 cm³/mol. The first-order valence-electron chi connectivity index (χ1n) is 11.5. The summed E-state index contributed by atoms with van der Waals surface area (Å²) in [4.78, 5) is 12.8. The molecule has 0 amide bonds. The van der Waals surface area contributed by atoms with Crippen molar-refractivity contribution in [3.8, 4) is 5.75 Å². The standard InChI is InChI=1S/C27H33IO6/c1-27(2)33-24(16-17-28)25(34-27)23(32-26(29)21-9-5-4-6-10-21)11-7-8-18-31-19-20-12-14-22(30-3)15-13-20/h4-7,9-15,23-25H,8,16-19H2,1-3H3/b11-7-/t23?,24-,25+/m0/s1. The Balaban J connectivity index is 1.60. The summed E-state index contributed by atoms with van der Waals surface area (Å²) in [6.45, 7) is 4.85. The molecule has 0 spiro atoms. The van der Waals surface area contributed by atoms with Crippen LogP contribution in [-0.2, 0) is 25.6 Å². The van der Waals surface area contributed by atoms with Gasteiger partial charge in [0.1, 0.15) is 18.0 Å². The molecule has 3 rings (SSSR count). The number of hydrogen-bond donors (Lipinski definition) is 0. The second kappa shape index (κ2) is 13.2. The lowest BCUT2D eigenvalue weighted by atomic mass is 10.0. The van der Waals surface area contributed by atoms with Crippen LogP contribution in [0.2, 0.25) is 0 Å². The van der Waals surface area contributed by atoms with Crippen LogP contribution < -0.4 is 4.74 Å². The lowest BCUT2D eigenvalue weighted by molar-refractivity contribution is -0.153. The average molecular weight is 580 g/mol. The minimum absolute atomic E-state index is 0.156. The van der Waals surface area contributed by atoms with Gasteiger partial charge in [-0.1, -0.05) is 59.0 Å². The second-order valence-corrected chi connectivity index (χ2v) is 9.55. The third kappa shape index (κ3) is 8.08. The van der Waals surface area contributed by atoms with Crippen molar-refractivity contribution in [3.63, 3.8) is 0 Å². The zero-order valence-corrected chi connectivity index (χ0v) is 22.1. The molecule has 1 saturated heterocycles. The van der Waals surface area contributed by atoms with Gasteiger partial charge in [0.25, 0.3) is 0 Å². The SMILES string of the molecule is COc1ccc(COCC/C=C\C(OC(=O)c2ccccc2)[C@H]2OC(C)(C)O[C@H]2CCI)cc1. The zero-order chi connectivity index (χ0) is 24.4. The highest BCUT2D eigenvalue weighted by Gasteiger charge is 2.45. The normalized spacial score (nSPS) is 20.4. The minimum Gasteiger partial charge on any atom is -0.497 e. The van der Waals surface area contributed by atoms with Crippen LogP contribution in [-0.4, -0.2) is 48.2 Å². The molecule has 1 fully saturated rings. The van der Waals surface area contributed by atoms with Crippen LogP contribution in [0.25, 0.3) is 0 Å². The molecule has 2 aromatic rings. The summed E-state index contributed by atoms with van der Waals surface area (Å²) >= 11 is 2.32. The summed E-state index contributed by atoms with van der Waals surface area (Å²) in [5.41, 5.74) is 1.59. The van der Waals surface area contributed by atoms with Crippen LogP contribution in [0.1, 0.15) is 42.6 Å². The monoisotopic (exact) mass is 580 g/mol. The summed E-state index contributed by atoms with van der Waals surface area (Å²) in [6, 6.07) is 16.8. The molecule has 1 aliphatic heterocycles. The van der Waals surface area contributed by atoms with Gasteiger partial charge in [0.2, 0.25) is 0 Å². The van der Waals surface area contributed by atoms with Gasteiger partial charge in [-0.2, -0.15) is 0 Å². The molecular weight excluding hydrogens is 547 g/mol. The van der Waals surface area contributed by atoms with Gasteiger partial charge in [0, 0.05) is 4.43 Å². The van der Waals surface area contributed by atoms with Crippen molar-refractivity contribution in [1.82, 2.24) is 0 Å². The van der Waals surface area contributed by atoms with E-state index in [1.807, 2.05) is 68.5 Å². The minimum atomic E-state index is -0.728. The van der Waals surface area contributed by atoms with Gasteiger partial charge in [0.05, 0.1) is 32.0 Å². The van der Waals surface area contributed by atoms with Crippen LogP contribution in [0.5, 0.6) is 5.75 Å². The van der Waals surface area contributed by atoms with Crippen molar-refractivity contribution >= 4 is 28.6 Å². The summed E-state index contributed by atoms with van der Waals surface area (Å²) in [5, 5.41) is 0. The lowest BCUT2D eigenvalue weighted by Gasteiger charge is -2.24. The topological polar surface area (TPSA) is 63.2 Å². The van der Waals surface area contributed by atoms with Gasteiger partial charge in [-0.05, 0) is 62.6 Å². The fourth-order valence-corrected chi connectivity index (χ4v) is 4.36. The maximum Gasteiger partial charge on any atom is 0.338 e. The molecule has 0 N–H and O–H groups in total. The van der Waals surface area contributed by atoms with E-state index >= 15 is 0 Å². The molecule has 0 saturated carbocycles. The number of esters is 1. The first-order chi connectivity index (χ1) is 16.4. The smallest absolute Gasteiger partial charge is 0.338 e. The van der Waals surface area contributed by atoms with Crippen molar-refractivity contribution in [1.29, 1.82) is 0 Å². The van der Waals surface area contributed by atoms with Crippen molar-refractivity contribution in [2.45, 2.75) is 57.4 Å². The molecule has 34 heavy (non-hydrogen) atoms. The highest BCUT2D eigenvalue weighted by atomic mass is 127. The Morgan fingerprint density at radius 3 is 2.53 bits per heavy atom. The molecule has 3 atom stereocenters. The van der Waals surface area contributed by atoms with E-state index in [0.717, 1.165) is 22.2 Å². The Labute approximate surface area is 215 Å². The van der Waals surface area contributed by atoms with Crippen molar-refractivity contribution in [3.05, 3.63) is 77.9 Å². The Morgan fingerprint density at radius 2 is 1.85 bits per heavy atom. The Kier molecular flexibility index (Phi) is 10.4. The summed E-state index contributed by atoms with van der Waals surface area (Å²) in [7, 11) is 1.65. The third-order valence-electron chi connectivity index (χ3n) is 5.37. The van der Waals surface area contributed by atoms with Crippen LogP contribution in [0.4, 0.5) is 0 Å². The van der Waals surface area contributed by atoms with E-state index in [9.17, 15) is 4.79 Å². The van der Waals surface area contributed by atoms with Gasteiger partial charge >= 0.3 is 5.97 Å². The van der Waals surface area contributed by atoms with Crippen molar-refractivity contribution in [2.24, 2.45) is 0 Å². The molecule has 7 heteroatoms. The highest BCUT2D eigenvalue weighted by molar-refractivity contribution is 14.1. The first kappa shape index (κ1) is 26.7. The Bertz CT molecular complexity index is 912. The number of methoxy groups -OCH3 is 1. The summed E-state index contributed by atoms with van der Waals surface area (Å²) in [6.07, 6.45) is 4.27. The molecule has 0 aliphatic carbocycles. The fourth-order valence-electron chi connectivity index (χ4n) is 3.75. The summed E-state index contributed by atoms with van der Waals surface area (Å²) in [5.74, 6) is -0.286. The zero-order valence-electron chi connectivity index (χ0n) is 19.9. The Hall–Kier alpha value is -1.94. The van der Waals surface area contributed by atoms with Crippen LogP contribution in [0.15, 0.2) is 66.7 Å². The molecule has 0 bridgehead atoms. The molecule has 1 aliphatic rings. The van der Waals surface area contributed by atoms with E-state index in [1.165, 1.54) is 0 Å². The molecule has 6 nitrogen and oxygen atoms in total. The maximum absolute atomic E-state index is 12.8. The van der Waals surface area contributed by atoms with Crippen LogP contribution >= 0.6 is 22.6 Å². The van der Waals surface area contributed by atoms with Gasteiger partial charge in [-0.15, -0.1) is 0 Å². The van der Waals surface area contributed by atoms with Gasteiger partial charge in [-0.3, -0.25) is 0 Å². The highest BCUT2D eigenvalue weighted by Crippen LogP contribution is 2.33. The number of hydrogen-bond acceptors (Lipinski definition) is 6. The number of carbonyl (C=O) groups is 1.